The summed E-state index contributed by atoms with van der Waals surface area (Å²) in [5, 5.41) is 0. The molecule has 2 nitrogen and oxygen atoms in total. The van der Waals surface area contributed by atoms with E-state index in [1.54, 1.807) is 0 Å². The van der Waals surface area contributed by atoms with E-state index in [1.807, 2.05) is 0 Å². The zero-order chi connectivity index (χ0) is 12.8. The highest BCUT2D eigenvalue weighted by Crippen LogP contribution is 2.34. The third-order valence-electron chi connectivity index (χ3n) is 4.11. The van der Waals surface area contributed by atoms with Gasteiger partial charge in [0, 0.05) is 5.92 Å². The van der Waals surface area contributed by atoms with Crippen LogP contribution in [0, 0.1) is 0 Å². The van der Waals surface area contributed by atoms with E-state index in [-0.39, 0.29) is 5.41 Å². The lowest BCUT2D eigenvalue weighted by molar-refractivity contribution is 0.591. The number of aromatic amines is 1. The Hall–Kier alpha value is -1.31. The van der Waals surface area contributed by atoms with Gasteiger partial charge in [-0.25, -0.2) is 4.98 Å². The lowest BCUT2D eigenvalue weighted by Gasteiger charge is -2.18. The predicted octanol–water partition coefficient (Wildman–Crippen LogP) is 4.52. The molecule has 1 aromatic carbocycles. The van der Waals surface area contributed by atoms with E-state index in [9.17, 15) is 0 Å². The average Bonchev–Trinajstić information content (AvgIpc) is 2.95. The van der Waals surface area contributed by atoms with Crippen molar-refractivity contribution in [2.45, 2.75) is 57.8 Å². The van der Waals surface area contributed by atoms with E-state index in [1.165, 1.54) is 42.6 Å². The number of aromatic nitrogens is 2. The molecule has 96 valence electrons. The predicted molar refractivity (Wildman–Crippen MR) is 76.0 cm³/mol. The Morgan fingerprint density at radius 1 is 1.17 bits per heavy atom. The summed E-state index contributed by atoms with van der Waals surface area (Å²) in [7, 11) is 0. The van der Waals surface area contributed by atoms with Crippen molar-refractivity contribution in [2.24, 2.45) is 0 Å². The number of nitrogens with one attached hydrogen (secondary N) is 1. The van der Waals surface area contributed by atoms with Gasteiger partial charge in [0.05, 0.1) is 11.0 Å². The molecular formula is C16H22N2. The van der Waals surface area contributed by atoms with Gasteiger partial charge in [0.1, 0.15) is 5.82 Å². The molecule has 0 spiro atoms. The van der Waals surface area contributed by atoms with Crippen molar-refractivity contribution in [3.63, 3.8) is 0 Å². The molecule has 1 saturated carbocycles. The fourth-order valence-electron chi connectivity index (χ4n) is 2.89. The Labute approximate surface area is 109 Å². The second kappa shape index (κ2) is 4.11. The Balaban J connectivity index is 2.01. The summed E-state index contributed by atoms with van der Waals surface area (Å²) in [6, 6.07) is 6.63. The third kappa shape index (κ3) is 2.05. The van der Waals surface area contributed by atoms with E-state index in [0.29, 0.717) is 5.92 Å². The van der Waals surface area contributed by atoms with Crippen LogP contribution in [0.25, 0.3) is 11.0 Å². The fourth-order valence-corrected chi connectivity index (χ4v) is 2.89. The minimum absolute atomic E-state index is 0.201. The lowest BCUT2D eigenvalue weighted by atomic mass is 9.87. The maximum atomic E-state index is 4.76. The minimum Gasteiger partial charge on any atom is -0.342 e. The SMILES string of the molecule is CC(C)(C)c1ccc2nc(C3CCCC3)[nH]c2c1. The molecule has 0 atom stereocenters. The van der Waals surface area contributed by atoms with E-state index in [0.717, 1.165) is 5.52 Å². The highest BCUT2D eigenvalue weighted by atomic mass is 14.9. The van der Waals surface area contributed by atoms with Gasteiger partial charge in [0.2, 0.25) is 0 Å². The fraction of sp³-hybridized carbons (Fsp3) is 0.562. The topological polar surface area (TPSA) is 28.7 Å². The standard InChI is InChI=1S/C16H22N2/c1-16(2,3)12-8-9-13-14(10-12)18-15(17-13)11-6-4-5-7-11/h8-11H,4-7H2,1-3H3,(H,17,18). The maximum Gasteiger partial charge on any atom is 0.110 e. The van der Waals surface area contributed by atoms with E-state index < -0.39 is 0 Å². The molecule has 0 amide bonds. The van der Waals surface area contributed by atoms with Gasteiger partial charge in [0.25, 0.3) is 0 Å². The van der Waals surface area contributed by atoms with Gasteiger partial charge in [-0.2, -0.15) is 0 Å². The second-order valence-corrected chi connectivity index (χ2v) is 6.59. The molecule has 0 saturated heterocycles. The first kappa shape index (κ1) is 11.8. The van der Waals surface area contributed by atoms with Crippen LogP contribution in [0.5, 0.6) is 0 Å². The molecule has 1 N–H and O–H groups in total. The summed E-state index contributed by atoms with van der Waals surface area (Å²) in [6.45, 7) is 6.76. The first-order chi connectivity index (χ1) is 8.54. The molecule has 1 aliphatic carbocycles. The van der Waals surface area contributed by atoms with Gasteiger partial charge in [-0.15, -0.1) is 0 Å². The number of nitrogens with zero attached hydrogens (tertiary/aromatic N) is 1. The molecule has 0 unspecified atom stereocenters. The van der Waals surface area contributed by atoms with Gasteiger partial charge in [0.15, 0.2) is 0 Å². The summed E-state index contributed by atoms with van der Waals surface area (Å²) in [6.07, 6.45) is 5.31. The summed E-state index contributed by atoms with van der Waals surface area (Å²) in [5.41, 5.74) is 3.89. The maximum absolute atomic E-state index is 4.76. The van der Waals surface area contributed by atoms with Crippen molar-refractivity contribution >= 4 is 11.0 Å². The van der Waals surface area contributed by atoms with Crippen LogP contribution in [0.1, 0.15) is 63.8 Å². The molecule has 1 aliphatic rings. The molecule has 3 rings (SSSR count). The molecule has 0 radical (unpaired) electrons. The van der Waals surface area contributed by atoms with Crippen LogP contribution in [0.4, 0.5) is 0 Å². The van der Waals surface area contributed by atoms with E-state index in [2.05, 4.69) is 44.0 Å². The number of fused-ring (bicyclic) bond motifs is 1. The quantitative estimate of drug-likeness (QED) is 0.782. The monoisotopic (exact) mass is 242 g/mol. The number of hydrogen-bond acceptors (Lipinski definition) is 1. The molecule has 2 aromatic rings. The molecule has 1 heterocycles. The third-order valence-corrected chi connectivity index (χ3v) is 4.11. The van der Waals surface area contributed by atoms with Crippen LogP contribution >= 0.6 is 0 Å². The number of hydrogen-bond donors (Lipinski definition) is 1. The van der Waals surface area contributed by atoms with Gasteiger partial charge >= 0.3 is 0 Å². The van der Waals surface area contributed by atoms with Gasteiger partial charge in [-0.05, 0) is 36.0 Å². The second-order valence-electron chi connectivity index (χ2n) is 6.59. The van der Waals surface area contributed by atoms with Crippen LogP contribution in [-0.2, 0) is 5.41 Å². The zero-order valence-electron chi connectivity index (χ0n) is 11.6. The van der Waals surface area contributed by atoms with Crippen molar-refractivity contribution in [1.82, 2.24) is 9.97 Å². The molecule has 0 bridgehead atoms. The molecule has 2 heteroatoms. The Bertz CT molecular complexity index is 554. The Morgan fingerprint density at radius 3 is 2.56 bits per heavy atom. The van der Waals surface area contributed by atoms with Crippen molar-refractivity contribution in [3.8, 4) is 0 Å². The number of imidazole rings is 1. The van der Waals surface area contributed by atoms with Crippen LogP contribution in [0.15, 0.2) is 18.2 Å². The summed E-state index contributed by atoms with van der Waals surface area (Å²) in [5.74, 6) is 1.86. The Kier molecular flexibility index (Phi) is 2.69. The summed E-state index contributed by atoms with van der Waals surface area (Å²) >= 11 is 0. The van der Waals surface area contributed by atoms with Crippen LogP contribution in [0.2, 0.25) is 0 Å². The Morgan fingerprint density at radius 2 is 1.89 bits per heavy atom. The van der Waals surface area contributed by atoms with E-state index in [4.69, 9.17) is 4.98 Å². The molecule has 1 aromatic heterocycles. The number of rotatable bonds is 1. The van der Waals surface area contributed by atoms with Gasteiger partial charge in [-0.3, -0.25) is 0 Å². The number of benzene rings is 1. The van der Waals surface area contributed by atoms with Crippen molar-refractivity contribution in [1.29, 1.82) is 0 Å². The highest BCUT2D eigenvalue weighted by Gasteiger charge is 2.21. The molecular weight excluding hydrogens is 220 g/mol. The first-order valence-corrected chi connectivity index (χ1v) is 7.04. The van der Waals surface area contributed by atoms with Gasteiger partial charge < -0.3 is 4.98 Å². The smallest absolute Gasteiger partial charge is 0.110 e. The molecule has 1 fully saturated rings. The molecule has 18 heavy (non-hydrogen) atoms. The van der Waals surface area contributed by atoms with Crippen molar-refractivity contribution < 1.29 is 0 Å². The van der Waals surface area contributed by atoms with Crippen LogP contribution < -0.4 is 0 Å². The summed E-state index contributed by atoms with van der Waals surface area (Å²) < 4.78 is 0. The minimum atomic E-state index is 0.201. The van der Waals surface area contributed by atoms with Crippen LogP contribution in [-0.4, -0.2) is 9.97 Å². The van der Waals surface area contributed by atoms with Crippen LogP contribution in [0.3, 0.4) is 0 Å². The average molecular weight is 242 g/mol. The largest absolute Gasteiger partial charge is 0.342 e. The van der Waals surface area contributed by atoms with Gasteiger partial charge in [-0.1, -0.05) is 39.7 Å². The first-order valence-electron chi connectivity index (χ1n) is 7.04. The van der Waals surface area contributed by atoms with Crippen molar-refractivity contribution in [2.75, 3.05) is 0 Å². The normalized spacial score (nSPS) is 17.7. The molecule has 0 aliphatic heterocycles. The lowest BCUT2D eigenvalue weighted by Crippen LogP contribution is -2.10. The highest BCUT2D eigenvalue weighted by molar-refractivity contribution is 5.76. The number of H-pyrrole nitrogens is 1. The van der Waals surface area contributed by atoms with Crippen molar-refractivity contribution in [3.05, 3.63) is 29.6 Å². The van der Waals surface area contributed by atoms with E-state index >= 15 is 0 Å². The summed E-state index contributed by atoms with van der Waals surface area (Å²) in [4.78, 5) is 8.30. The zero-order valence-corrected chi connectivity index (χ0v) is 11.6.